The minimum Gasteiger partial charge on any atom is -0.240 e. The van der Waals surface area contributed by atoms with E-state index in [9.17, 15) is 4.79 Å². The highest BCUT2D eigenvalue weighted by atomic mass is 16.2. The van der Waals surface area contributed by atoms with Crippen LogP contribution in [-0.4, -0.2) is 24.0 Å². The molecule has 1 aliphatic heterocycles. The van der Waals surface area contributed by atoms with Crippen molar-refractivity contribution in [1.29, 1.82) is 0 Å². The van der Waals surface area contributed by atoms with Crippen LogP contribution in [0.2, 0.25) is 0 Å². The summed E-state index contributed by atoms with van der Waals surface area (Å²) in [5, 5.41) is 7.85. The minimum atomic E-state index is -0.120. The third kappa shape index (κ3) is 1.01. The first-order valence-electron chi connectivity index (χ1n) is 3.36. The van der Waals surface area contributed by atoms with Gasteiger partial charge >= 0.3 is 5.91 Å². The van der Waals surface area contributed by atoms with Crippen LogP contribution >= 0.6 is 0 Å². The van der Waals surface area contributed by atoms with Crippen molar-refractivity contribution in [2.24, 2.45) is 11.1 Å². The highest BCUT2D eigenvalue weighted by Gasteiger charge is 2.36. The topological polar surface area (TPSA) is 46.6 Å². The van der Waals surface area contributed by atoms with E-state index in [0.717, 1.165) is 0 Å². The third-order valence-electron chi connectivity index (χ3n) is 1.60. The van der Waals surface area contributed by atoms with Gasteiger partial charge in [0.1, 0.15) is 7.05 Å². The molecule has 1 rings (SSSR count). The molecule has 56 valence electrons. The Hall–Kier alpha value is -0.930. The van der Waals surface area contributed by atoms with E-state index < -0.39 is 0 Å². The molecular weight excluding hydrogens is 130 g/mol. The Morgan fingerprint density at radius 3 is 2.50 bits per heavy atom. The standard InChI is InChI=1S/C6H11N3O/c1-4(2)5-6(10)9(3)8-7-5/h4-5H,1-3H3/p+1. The maximum absolute atomic E-state index is 11.1. The summed E-state index contributed by atoms with van der Waals surface area (Å²) in [7, 11) is 1.65. The first-order chi connectivity index (χ1) is 4.63. The average molecular weight is 142 g/mol. The Labute approximate surface area is 59.9 Å². The number of carbonyl (C=O) groups is 1. The minimum absolute atomic E-state index is 0.0509. The lowest BCUT2D eigenvalue weighted by Gasteiger charge is -2.02. The van der Waals surface area contributed by atoms with Crippen molar-refractivity contribution in [3.63, 3.8) is 0 Å². The summed E-state index contributed by atoms with van der Waals surface area (Å²) in [6.45, 7) is 3.98. The van der Waals surface area contributed by atoms with Crippen molar-refractivity contribution in [3.8, 4) is 0 Å². The number of nitrogens with one attached hydrogen (secondary N) is 1. The van der Waals surface area contributed by atoms with Crippen molar-refractivity contribution >= 4 is 5.91 Å². The molecule has 4 heteroatoms. The van der Waals surface area contributed by atoms with Gasteiger partial charge in [0.25, 0.3) is 0 Å². The lowest BCUT2D eigenvalue weighted by Crippen LogP contribution is -2.74. The highest BCUT2D eigenvalue weighted by molar-refractivity contribution is 5.80. The number of hydrogen-bond donors (Lipinski definition) is 1. The van der Waals surface area contributed by atoms with Crippen LogP contribution in [0.15, 0.2) is 5.22 Å². The van der Waals surface area contributed by atoms with Crippen LogP contribution in [0.4, 0.5) is 0 Å². The molecule has 4 nitrogen and oxygen atoms in total. The summed E-state index contributed by atoms with van der Waals surface area (Å²) in [6.07, 6.45) is 0. The molecule has 0 bridgehead atoms. The summed E-state index contributed by atoms with van der Waals surface area (Å²) in [6, 6.07) is -0.120. The van der Waals surface area contributed by atoms with Gasteiger partial charge in [0, 0.05) is 5.92 Å². The number of likely N-dealkylation sites (N-methyl/N-ethyl adjacent to an activating group) is 1. The molecule has 1 unspecified atom stereocenters. The molecule has 1 amide bonds. The van der Waals surface area contributed by atoms with Gasteiger partial charge in [-0.15, -0.1) is 5.01 Å². The highest BCUT2D eigenvalue weighted by Crippen LogP contribution is 2.02. The predicted octanol–water partition coefficient (Wildman–Crippen LogP) is -1.07. The van der Waals surface area contributed by atoms with E-state index in [1.165, 1.54) is 5.01 Å². The zero-order valence-electron chi connectivity index (χ0n) is 6.46. The third-order valence-corrected chi connectivity index (χ3v) is 1.60. The van der Waals surface area contributed by atoms with Gasteiger partial charge < -0.3 is 0 Å². The van der Waals surface area contributed by atoms with Crippen molar-refractivity contribution in [2.75, 3.05) is 7.05 Å². The molecule has 10 heavy (non-hydrogen) atoms. The number of hydrogen-bond acceptors (Lipinski definition) is 2. The Balaban J connectivity index is 2.67. The molecule has 0 aromatic carbocycles. The summed E-state index contributed by atoms with van der Waals surface area (Å²) < 4.78 is 0. The smallest absolute Gasteiger partial charge is 0.240 e. The van der Waals surface area contributed by atoms with Crippen molar-refractivity contribution in [3.05, 3.63) is 0 Å². The van der Waals surface area contributed by atoms with Crippen molar-refractivity contribution < 1.29 is 9.91 Å². The Bertz CT molecular complexity index is 176. The second-order valence-electron chi connectivity index (χ2n) is 2.81. The van der Waals surface area contributed by atoms with E-state index >= 15 is 0 Å². The molecule has 0 aromatic heterocycles. The summed E-state index contributed by atoms with van der Waals surface area (Å²) in [5.74, 6) is 0.358. The van der Waals surface area contributed by atoms with Crippen LogP contribution in [0.1, 0.15) is 13.8 Å². The molecule has 1 N–H and O–H groups in total. The number of rotatable bonds is 1. The zero-order valence-corrected chi connectivity index (χ0v) is 6.46. The maximum Gasteiger partial charge on any atom is 0.375 e. The summed E-state index contributed by atoms with van der Waals surface area (Å²) >= 11 is 0. The van der Waals surface area contributed by atoms with E-state index in [1.807, 2.05) is 13.8 Å². The quantitative estimate of drug-likeness (QED) is 0.498. The second-order valence-corrected chi connectivity index (χ2v) is 2.81. The molecule has 0 saturated heterocycles. The van der Waals surface area contributed by atoms with Crippen LogP contribution in [0.3, 0.4) is 0 Å². The first-order valence-corrected chi connectivity index (χ1v) is 3.36. The van der Waals surface area contributed by atoms with E-state index in [0.29, 0.717) is 5.92 Å². The van der Waals surface area contributed by atoms with Crippen LogP contribution in [0, 0.1) is 5.92 Å². The number of carbonyl (C=O) groups excluding carboxylic acids is 1. The maximum atomic E-state index is 11.1. The van der Waals surface area contributed by atoms with Gasteiger partial charge in [-0.1, -0.05) is 13.8 Å². The van der Waals surface area contributed by atoms with Crippen molar-refractivity contribution in [1.82, 2.24) is 5.01 Å². The Morgan fingerprint density at radius 1 is 1.70 bits per heavy atom. The molecular formula is C6H12N3O+. The van der Waals surface area contributed by atoms with E-state index in [-0.39, 0.29) is 11.9 Å². The second kappa shape index (κ2) is 2.36. The fourth-order valence-electron chi connectivity index (χ4n) is 0.889. The fraction of sp³-hybridized carbons (Fsp3) is 0.833. The normalized spacial score (nSPS) is 25.0. The van der Waals surface area contributed by atoms with Gasteiger partial charge in [0.2, 0.25) is 6.04 Å². The molecule has 0 spiro atoms. The molecule has 0 saturated carbocycles. The van der Waals surface area contributed by atoms with Gasteiger partial charge in [0.15, 0.2) is 0 Å². The van der Waals surface area contributed by atoms with Gasteiger partial charge in [-0.3, -0.25) is 0 Å². The lowest BCUT2D eigenvalue weighted by atomic mass is 10.1. The molecule has 1 atom stereocenters. The lowest BCUT2D eigenvalue weighted by molar-refractivity contribution is -0.560. The van der Waals surface area contributed by atoms with E-state index in [4.69, 9.17) is 0 Å². The predicted molar refractivity (Wildman–Crippen MR) is 34.8 cm³/mol. The monoisotopic (exact) mass is 142 g/mol. The van der Waals surface area contributed by atoms with Crippen LogP contribution in [-0.2, 0) is 4.79 Å². The molecule has 0 radical (unpaired) electrons. The summed E-state index contributed by atoms with van der Waals surface area (Å²) in [4.78, 5) is 11.1. The van der Waals surface area contributed by atoms with Gasteiger partial charge in [-0.05, 0) is 0 Å². The van der Waals surface area contributed by atoms with Crippen LogP contribution < -0.4 is 5.11 Å². The Morgan fingerprint density at radius 2 is 2.30 bits per heavy atom. The molecule has 1 aliphatic rings. The Kier molecular flexibility index (Phi) is 1.70. The van der Waals surface area contributed by atoms with Gasteiger partial charge in [-0.2, -0.15) is 5.11 Å². The first kappa shape index (κ1) is 7.18. The molecule has 0 aliphatic carbocycles. The SMILES string of the molecule is CC(C)C1[NH+]=NN(C)C1=O. The molecule has 1 heterocycles. The van der Waals surface area contributed by atoms with Crippen LogP contribution in [0.25, 0.3) is 0 Å². The largest absolute Gasteiger partial charge is 0.375 e. The van der Waals surface area contributed by atoms with Crippen molar-refractivity contribution in [2.45, 2.75) is 19.9 Å². The zero-order chi connectivity index (χ0) is 7.72. The average Bonchev–Trinajstić information content (AvgIpc) is 2.14. The fourth-order valence-corrected chi connectivity index (χ4v) is 0.889. The number of nitrogens with zero attached hydrogens (tertiary/aromatic N) is 2. The van der Waals surface area contributed by atoms with E-state index in [1.54, 1.807) is 7.05 Å². The number of amides is 1. The summed E-state index contributed by atoms with van der Waals surface area (Å²) in [5.41, 5.74) is 0. The van der Waals surface area contributed by atoms with Crippen LogP contribution in [0.5, 0.6) is 0 Å². The molecule has 0 fully saturated rings. The molecule has 0 aromatic rings. The van der Waals surface area contributed by atoms with Gasteiger partial charge in [-0.25, -0.2) is 4.79 Å². The van der Waals surface area contributed by atoms with E-state index in [2.05, 4.69) is 10.3 Å². The van der Waals surface area contributed by atoms with Gasteiger partial charge in [0.05, 0.1) is 5.22 Å².